The molecule has 0 amide bonds. The van der Waals surface area contributed by atoms with Crippen molar-refractivity contribution in [1.29, 1.82) is 0 Å². The van der Waals surface area contributed by atoms with Gasteiger partial charge in [0.05, 0.1) is 5.92 Å². The van der Waals surface area contributed by atoms with Crippen molar-refractivity contribution in [2.45, 2.75) is 30.3 Å². The summed E-state index contributed by atoms with van der Waals surface area (Å²) in [6.45, 7) is 0. The zero-order chi connectivity index (χ0) is 30.9. The maximum atomic E-state index is 13.4. The average Bonchev–Trinajstić information content (AvgIpc) is 2.94. The second-order valence-electron chi connectivity index (χ2n) is 10.3. The molecule has 0 saturated carbocycles. The molecule has 4 aromatic rings. The molecule has 13 nitrogen and oxygen atoms in total. The molecule has 0 saturated heterocycles. The Labute approximate surface area is 241 Å². The second-order valence-corrected chi connectivity index (χ2v) is 10.3. The maximum absolute atomic E-state index is 13.4. The predicted octanol–water partition coefficient (Wildman–Crippen LogP) is 2.64. The molecule has 5 atom stereocenters. The van der Waals surface area contributed by atoms with Gasteiger partial charge in [-0.3, -0.25) is 4.79 Å². The summed E-state index contributed by atoms with van der Waals surface area (Å²) in [7, 11) is 0. The lowest BCUT2D eigenvalue weighted by molar-refractivity contribution is 0.00602. The molecule has 10 N–H and O–H groups in total. The van der Waals surface area contributed by atoms with Crippen LogP contribution in [0.2, 0.25) is 0 Å². The molecule has 43 heavy (non-hydrogen) atoms. The third-order valence-corrected chi connectivity index (χ3v) is 7.63. The minimum Gasteiger partial charge on any atom is -0.508 e. The Morgan fingerprint density at radius 2 is 1.12 bits per heavy atom. The zero-order valence-electron chi connectivity index (χ0n) is 21.8. The highest BCUT2D eigenvalue weighted by Crippen LogP contribution is 2.56. The lowest BCUT2D eigenvalue weighted by Crippen LogP contribution is -2.37. The monoisotopic (exact) mass is 592 g/mol. The standard InChI is InChI=1S/C30H24O13/c31-12-7-17(36)21-19(8-12)42-29(10-1-3-13(32)15(34)5-10)27(40)24(21)22-18(37)9-20-23(25(22)38)26(39)28(41)30(43-20)11-2-4-14(33)16(35)6-11/h1-9,24,27-38,40-41H. The second kappa shape index (κ2) is 9.79. The quantitative estimate of drug-likeness (QED) is 0.154. The van der Waals surface area contributed by atoms with Gasteiger partial charge in [-0.1, -0.05) is 12.1 Å². The summed E-state index contributed by atoms with van der Waals surface area (Å²) in [4.78, 5) is 13.4. The van der Waals surface area contributed by atoms with Crippen LogP contribution in [-0.4, -0.2) is 69.1 Å². The van der Waals surface area contributed by atoms with Gasteiger partial charge in [-0.2, -0.15) is 0 Å². The van der Waals surface area contributed by atoms with Gasteiger partial charge in [0.1, 0.15) is 46.2 Å². The number of phenolic OH excluding ortho intramolecular Hbond substituents is 8. The first kappa shape index (κ1) is 27.6. The number of carbonyl (C=O) groups is 1. The fourth-order valence-electron chi connectivity index (χ4n) is 5.60. The minimum absolute atomic E-state index is 0.100. The van der Waals surface area contributed by atoms with Crippen molar-refractivity contribution >= 4 is 5.78 Å². The van der Waals surface area contributed by atoms with Crippen molar-refractivity contribution in [3.05, 3.63) is 82.4 Å². The van der Waals surface area contributed by atoms with Crippen molar-refractivity contribution in [2.75, 3.05) is 0 Å². The van der Waals surface area contributed by atoms with Crippen LogP contribution in [0.3, 0.4) is 0 Å². The SMILES string of the molecule is O=C1c2c(cc(O)c(C3c4c(O)cc(O)cc4OC(c4ccc(O)c(O)c4)C3O)c2O)OC(c2ccc(O)c(O)c2)C1O. The highest BCUT2D eigenvalue weighted by molar-refractivity contribution is 6.06. The van der Waals surface area contributed by atoms with Crippen LogP contribution in [0.15, 0.2) is 54.6 Å². The van der Waals surface area contributed by atoms with Gasteiger partial charge in [0.15, 0.2) is 41.3 Å². The fraction of sp³-hybridized carbons (Fsp3) is 0.167. The van der Waals surface area contributed by atoms with Crippen molar-refractivity contribution in [3.63, 3.8) is 0 Å². The van der Waals surface area contributed by atoms with Crippen LogP contribution in [0.25, 0.3) is 0 Å². The van der Waals surface area contributed by atoms with Crippen molar-refractivity contribution < 1.29 is 65.3 Å². The Morgan fingerprint density at radius 1 is 0.558 bits per heavy atom. The lowest BCUT2D eigenvalue weighted by Gasteiger charge is -2.39. The van der Waals surface area contributed by atoms with Gasteiger partial charge in [0, 0.05) is 29.3 Å². The van der Waals surface area contributed by atoms with E-state index in [1.165, 1.54) is 12.1 Å². The van der Waals surface area contributed by atoms with Gasteiger partial charge >= 0.3 is 0 Å². The number of aliphatic hydroxyl groups is 2. The van der Waals surface area contributed by atoms with E-state index in [0.717, 1.165) is 42.5 Å². The zero-order valence-corrected chi connectivity index (χ0v) is 21.8. The van der Waals surface area contributed by atoms with Crippen LogP contribution in [0.1, 0.15) is 50.7 Å². The largest absolute Gasteiger partial charge is 0.508 e. The summed E-state index contributed by atoms with van der Waals surface area (Å²) in [6.07, 6.45) is -6.39. The number of aromatic hydroxyl groups is 8. The van der Waals surface area contributed by atoms with Crippen molar-refractivity contribution in [1.82, 2.24) is 0 Å². The molecule has 13 heteroatoms. The molecule has 0 radical (unpaired) electrons. The van der Waals surface area contributed by atoms with Gasteiger partial charge in [-0.05, 0) is 35.4 Å². The number of carbonyl (C=O) groups excluding carboxylic acids is 1. The average molecular weight is 593 g/mol. The molecule has 0 aromatic heterocycles. The summed E-state index contributed by atoms with van der Waals surface area (Å²) < 4.78 is 11.6. The molecule has 0 fully saturated rings. The molecule has 2 heterocycles. The van der Waals surface area contributed by atoms with Crippen LogP contribution in [0, 0.1) is 0 Å². The Balaban J connectivity index is 1.51. The van der Waals surface area contributed by atoms with E-state index in [9.17, 15) is 55.9 Å². The Bertz CT molecular complexity index is 1800. The summed E-state index contributed by atoms with van der Waals surface area (Å²) >= 11 is 0. The Hall–Kier alpha value is -5.53. The van der Waals surface area contributed by atoms with E-state index in [1.807, 2.05) is 0 Å². The molecule has 222 valence electrons. The molecule has 2 aliphatic rings. The van der Waals surface area contributed by atoms with Gasteiger partial charge in [0.25, 0.3) is 0 Å². The molecule has 0 bridgehead atoms. The maximum Gasteiger partial charge on any atom is 0.202 e. The normalized spacial score (nSPS) is 22.7. The van der Waals surface area contributed by atoms with Crippen LogP contribution < -0.4 is 9.47 Å². The molecular formula is C30H24O13. The third kappa shape index (κ3) is 4.29. The predicted molar refractivity (Wildman–Crippen MR) is 144 cm³/mol. The molecule has 4 aromatic carbocycles. The van der Waals surface area contributed by atoms with Gasteiger partial charge < -0.3 is 60.5 Å². The van der Waals surface area contributed by atoms with E-state index >= 15 is 0 Å². The summed E-state index contributed by atoms with van der Waals surface area (Å²) in [6, 6.07) is 10.1. The summed E-state index contributed by atoms with van der Waals surface area (Å²) in [5, 5.41) is 105. The van der Waals surface area contributed by atoms with E-state index in [2.05, 4.69) is 0 Å². The third-order valence-electron chi connectivity index (χ3n) is 7.63. The topological polar surface area (TPSA) is 238 Å². The number of aliphatic hydroxyl groups excluding tert-OH is 2. The van der Waals surface area contributed by atoms with Gasteiger partial charge in [-0.25, -0.2) is 0 Å². The van der Waals surface area contributed by atoms with E-state index in [-0.39, 0.29) is 28.2 Å². The number of phenols is 8. The first-order chi connectivity index (χ1) is 20.4. The molecule has 2 aliphatic heterocycles. The Kier molecular flexibility index (Phi) is 6.29. The first-order valence-corrected chi connectivity index (χ1v) is 12.8. The number of ether oxygens (including phenoxy) is 2. The lowest BCUT2D eigenvalue weighted by atomic mass is 9.77. The number of rotatable bonds is 3. The van der Waals surface area contributed by atoms with E-state index in [1.54, 1.807) is 0 Å². The number of fused-ring (bicyclic) bond motifs is 2. The van der Waals surface area contributed by atoms with E-state index in [4.69, 9.17) is 9.47 Å². The molecule has 0 aliphatic carbocycles. The highest BCUT2D eigenvalue weighted by Gasteiger charge is 2.47. The molecule has 5 unspecified atom stereocenters. The summed E-state index contributed by atoms with van der Waals surface area (Å²) in [5.74, 6) is -7.64. The number of Topliss-reactive ketones (excluding diaryl/α,β-unsaturated/α-hetero) is 1. The molecule has 0 spiro atoms. The highest BCUT2D eigenvalue weighted by atomic mass is 16.5. The van der Waals surface area contributed by atoms with E-state index in [0.29, 0.717) is 0 Å². The van der Waals surface area contributed by atoms with Crippen molar-refractivity contribution in [2.24, 2.45) is 0 Å². The number of hydrogen-bond donors (Lipinski definition) is 10. The van der Waals surface area contributed by atoms with Crippen LogP contribution in [0.4, 0.5) is 0 Å². The number of ketones is 1. The molecule has 6 rings (SSSR count). The minimum atomic E-state index is -1.91. The smallest absolute Gasteiger partial charge is 0.202 e. The van der Waals surface area contributed by atoms with Gasteiger partial charge in [-0.15, -0.1) is 0 Å². The van der Waals surface area contributed by atoms with Crippen LogP contribution in [-0.2, 0) is 0 Å². The number of benzene rings is 4. The van der Waals surface area contributed by atoms with E-state index < -0.39 is 93.2 Å². The van der Waals surface area contributed by atoms with Gasteiger partial charge in [0.2, 0.25) is 5.78 Å². The van der Waals surface area contributed by atoms with Crippen LogP contribution >= 0.6 is 0 Å². The van der Waals surface area contributed by atoms with Crippen molar-refractivity contribution in [3.8, 4) is 57.5 Å². The number of hydrogen-bond acceptors (Lipinski definition) is 13. The fourth-order valence-corrected chi connectivity index (χ4v) is 5.60. The first-order valence-electron chi connectivity index (χ1n) is 12.8. The molecular weight excluding hydrogens is 568 g/mol. The Morgan fingerprint density at radius 3 is 1.72 bits per heavy atom. The van der Waals surface area contributed by atoms with Crippen LogP contribution in [0.5, 0.6) is 57.5 Å². The summed E-state index contributed by atoms with van der Waals surface area (Å²) in [5.41, 5.74) is -0.930.